The summed E-state index contributed by atoms with van der Waals surface area (Å²) < 4.78 is 5.32. The van der Waals surface area contributed by atoms with Gasteiger partial charge in [0.25, 0.3) is 0 Å². The van der Waals surface area contributed by atoms with Gasteiger partial charge in [0.15, 0.2) is 0 Å². The number of piperidine rings is 1. The molecule has 1 aliphatic rings. The summed E-state index contributed by atoms with van der Waals surface area (Å²) in [6, 6.07) is -0.582. The molecular weight excluding hydrogens is 332 g/mol. The van der Waals surface area contributed by atoms with Crippen molar-refractivity contribution < 1.29 is 19.4 Å². The first kappa shape index (κ1) is 22.7. The van der Waals surface area contributed by atoms with Crippen molar-refractivity contribution >= 4 is 12.0 Å². The van der Waals surface area contributed by atoms with E-state index in [4.69, 9.17) is 4.74 Å². The number of ether oxygens (including phenoxy) is 1. The lowest BCUT2D eigenvalue weighted by Crippen LogP contribution is -2.52. The summed E-state index contributed by atoms with van der Waals surface area (Å²) in [5, 5.41) is 12.6. The molecular formula is C20H38N2O4. The van der Waals surface area contributed by atoms with Crippen LogP contribution in [0.5, 0.6) is 0 Å². The maximum atomic E-state index is 12.9. The number of nitrogens with zero attached hydrogens (tertiary/aromatic N) is 1. The van der Waals surface area contributed by atoms with Gasteiger partial charge in [-0.3, -0.25) is 4.79 Å². The maximum absolute atomic E-state index is 12.9. The molecule has 1 fully saturated rings. The van der Waals surface area contributed by atoms with Crippen LogP contribution in [-0.4, -0.2) is 52.8 Å². The number of hydrogen-bond donors (Lipinski definition) is 2. The van der Waals surface area contributed by atoms with Crippen LogP contribution in [0.25, 0.3) is 0 Å². The number of amides is 2. The van der Waals surface area contributed by atoms with Crippen molar-refractivity contribution in [3.63, 3.8) is 0 Å². The summed E-state index contributed by atoms with van der Waals surface area (Å²) in [4.78, 5) is 26.7. The van der Waals surface area contributed by atoms with Crippen molar-refractivity contribution in [1.29, 1.82) is 0 Å². The van der Waals surface area contributed by atoms with E-state index in [-0.39, 0.29) is 5.91 Å². The third-order valence-electron chi connectivity index (χ3n) is 4.54. The molecule has 0 radical (unpaired) electrons. The van der Waals surface area contributed by atoms with E-state index >= 15 is 0 Å². The fourth-order valence-corrected chi connectivity index (χ4v) is 3.21. The van der Waals surface area contributed by atoms with E-state index < -0.39 is 23.8 Å². The summed E-state index contributed by atoms with van der Waals surface area (Å²) in [5.74, 6) is -0.108. The summed E-state index contributed by atoms with van der Waals surface area (Å²) in [7, 11) is 0. The average Bonchev–Trinajstić information content (AvgIpc) is 2.54. The lowest BCUT2D eigenvalue weighted by atomic mass is 10.0. The first-order valence-electron chi connectivity index (χ1n) is 10.2. The van der Waals surface area contributed by atoms with Crippen LogP contribution < -0.4 is 5.32 Å². The van der Waals surface area contributed by atoms with Crippen molar-refractivity contribution in [1.82, 2.24) is 10.2 Å². The smallest absolute Gasteiger partial charge is 0.408 e. The number of likely N-dealkylation sites (tertiary alicyclic amines) is 1. The Bertz CT molecular complexity index is 434. The monoisotopic (exact) mass is 370 g/mol. The minimum Gasteiger partial charge on any atom is -0.444 e. The van der Waals surface area contributed by atoms with Crippen molar-refractivity contribution in [2.45, 2.75) is 103 Å². The van der Waals surface area contributed by atoms with Crippen molar-refractivity contribution in [2.75, 3.05) is 13.1 Å². The molecule has 0 spiro atoms. The number of unbranched alkanes of at least 4 members (excludes halogenated alkanes) is 5. The van der Waals surface area contributed by atoms with E-state index in [1.807, 2.05) is 0 Å². The molecule has 0 aromatic rings. The van der Waals surface area contributed by atoms with Gasteiger partial charge in [0.05, 0.1) is 6.10 Å². The number of aliphatic hydroxyl groups excluding tert-OH is 1. The van der Waals surface area contributed by atoms with E-state index in [2.05, 4.69) is 12.2 Å². The molecule has 152 valence electrons. The van der Waals surface area contributed by atoms with Crippen LogP contribution in [-0.2, 0) is 9.53 Å². The minimum atomic E-state index is -0.598. The zero-order valence-corrected chi connectivity index (χ0v) is 17.1. The summed E-state index contributed by atoms with van der Waals surface area (Å²) in [6.45, 7) is 8.58. The molecule has 1 aliphatic heterocycles. The fourth-order valence-electron chi connectivity index (χ4n) is 3.21. The Labute approximate surface area is 158 Å². The lowest BCUT2D eigenvalue weighted by Gasteiger charge is -2.33. The highest BCUT2D eigenvalue weighted by atomic mass is 16.6. The molecule has 6 heteroatoms. The number of hydrogen-bond acceptors (Lipinski definition) is 4. The lowest BCUT2D eigenvalue weighted by molar-refractivity contribution is -0.136. The van der Waals surface area contributed by atoms with Gasteiger partial charge in [-0.2, -0.15) is 0 Å². The molecule has 0 aliphatic carbocycles. The molecule has 2 atom stereocenters. The van der Waals surface area contributed by atoms with Crippen LogP contribution in [0.1, 0.15) is 85.5 Å². The predicted molar refractivity (Wildman–Crippen MR) is 103 cm³/mol. The Morgan fingerprint density at radius 3 is 2.46 bits per heavy atom. The summed E-state index contributed by atoms with van der Waals surface area (Å²) in [5.41, 5.74) is -0.598. The molecule has 6 nitrogen and oxygen atoms in total. The fraction of sp³-hybridized carbons (Fsp3) is 0.900. The second kappa shape index (κ2) is 11.4. The Hall–Kier alpha value is -1.30. The number of carbonyl (C=O) groups is 2. The second-order valence-electron chi connectivity index (χ2n) is 8.34. The Kier molecular flexibility index (Phi) is 9.99. The van der Waals surface area contributed by atoms with Crippen molar-refractivity contribution in [3.05, 3.63) is 0 Å². The Morgan fingerprint density at radius 1 is 1.19 bits per heavy atom. The topological polar surface area (TPSA) is 78.9 Å². The highest BCUT2D eigenvalue weighted by Gasteiger charge is 2.30. The van der Waals surface area contributed by atoms with Crippen LogP contribution in [0, 0.1) is 0 Å². The summed E-state index contributed by atoms with van der Waals surface area (Å²) in [6.07, 6.45) is 7.88. The number of carbonyl (C=O) groups excluding carboxylic acids is 2. The zero-order valence-electron chi connectivity index (χ0n) is 17.1. The van der Waals surface area contributed by atoms with Gasteiger partial charge in [0.2, 0.25) is 5.91 Å². The summed E-state index contributed by atoms with van der Waals surface area (Å²) >= 11 is 0. The normalized spacial score (nSPS) is 19.1. The van der Waals surface area contributed by atoms with Gasteiger partial charge in [0, 0.05) is 13.1 Å². The van der Waals surface area contributed by atoms with Crippen molar-refractivity contribution in [3.8, 4) is 0 Å². The Balaban J connectivity index is 2.58. The van der Waals surface area contributed by atoms with Crippen LogP contribution >= 0.6 is 0 Å². The SMILES string of the molecule is CCCCCCCCC(NC(=O)OC(C)(C)C)C(=O)N1CCC[C@H](O)C1. The highest BCUT2D eigenvalue weighted by Crippen LogP contribution is 2.15. The van der Waals surface area contributed by atoms with Gasteiger partial charge < -0.3 is 20.1 Å². The quantitative estimate of drug-likeness (QED) is 0.608. The zero-order chi connectivity index (χ0) is 19.6. The number of β-amino-alcohol motifs (C(OH)–C–C–N with tert-alkyl or cyclic N) is 1. The molecule has 0 bridgehead atoms. The van der Waals surface area contributed by atoms with E-state index in [1.165, 1.54) is 19.3 Å². The van der Waals surface area contributed by atoms with Crippen LogP contribution in [0.2, 0.25) is 0 Å². The van der Waals surface area contributed by atoms with Gasteiger partial charge in [-0.15, -0.1) is 0 Å². The number of alkyl carbamates (subject to hydrolysis) is 1. The molecule has 1 saturated heterocycles. The molecule has 0 aromatic carbocycles. The maximum Gasteiger partial charge on any atom is 0.408 e. The number of rotatable bonds is 9. The molecule has 2 amide bonds. The van der Waals surface area contributed by atoms with Gasteiger partial charge in [-0.25, -0.2) is 4.79 Å². The van der Waals surface area contributed by atoms with Crippen LogP contribution in [0.4, 0.5) is 4.79 Å². The average molecular weight is 371 g/mol. The highest BCUT2D eigenvalue weighted by molar-refractivity contribution is 5.85. The first-order valence-corrected chi connectivity index (χ1v) is 10.2. The van der Waals surface area contributed by atoms with E-state index in [0.29, 0.717) is 19.5 Å². The van der Waals surface area contributed by atoms with Gasteiger partial charge in [-0.05, 0) is 40.0 Å². The molecule has 0 aromatic heterocycles. The van der Waals surface area contributed by atoms with E-state index in [0.717, 1.165) is 32.1 Å². The number of aliphatic hydroxyl groups is 1. The molecule has 1 heterocycles. The van der Waals surface area contributed by atoms with E-state index in [1.54, 1.807) is 25.7 Å². The molecule has 1 rings (SSSR count). The first-order chi connectivity index (χ1) is 12.2. The molecule has 0 saturated carbocycles. The predicted octanol–water partition coefficient (Wildman–Crippen LogP) is 3.61. The van der Waals surface area contributed by atoms with Gasteiger partial charge in [-0.1, -0.05) is 45.4 Å². The van der Waals surface area contributed by atoms with Crippen molar-refractivity contribution in [2.24, 2.45) is 0 Å². The number of nitrogens with one attached hydrogen (secondary N) is 1. The minimum absolute atomic E-state index is 0.108. The second-order valence-corrected chi connectivity index (χ2v) is 8.34. The third kappa shape index (κ3) is 9.41. The van der Waals surface area contributed by atoms with E-state index in [9.17, 15) is 14.7 Å². The van der Waals surface area contributed by atoms with Crippen LogP contribution in [0.3, 0.4) is 0 Å². The third-order valence-corrected chi connectivity index (χ3v) is 4.54. The van der Waals surface area contributed by atoms with Crippen LogP contribution in [0.15, 0.2) is 0 Å². The largest absolute Gasteiger partial charge is 0.444 e. The molecule has 2 N–H and O–H groups in total. The standard InChI is InChI=1S/C20H38N2O4/c1-5-6-7-8-9-10-13-17(21-19(25)26-20(2,3)4)18(24)22-14-11-12-16(23)15-22/h16-17,23H,5-15H2,1-4H3,(H,21,25)/t16-,17?/m0/s1. The van der Waals surface area contributed by atoms with Gasteiger partial charge in [0.1, 0.15) is 11.6 Å². The molecule has 26 heavy (non-hydrogen) atoms. The molecule has 1 unspecified atom stereocenters. The van der Waals surface area contributed by atoms with Gasteiger partial charge >= 0.3 is 6.09 Å². The Morgan fingerprint density at radius 2 is 1.85 bits per heavy atom.